The van der Waals surface area contributed by atoms with Crippen molar-refractivity contribution in [2.45, 2.75) is 192 Å². The summed E-state index contributed by atoms with van der Waals surface area (Å²) in [7, 11) is 6.94. The smallest absolute Gasteiger partial charge is 0.311 e. The largest absolute Gasteiger partial charge is 0.459 e. The molecule has 0 saturated carbocycles. The number of likely N-dealkylation sites (N-methyl/N-ethyl adjacent to an activating group) is 1. The molecule has 0 bridgehead atoms. The molecule has 0 aliphatic carbocycles. The van der Waals surface area contributed by atoms with E-state index in [2.05, 4.69) is 0 Å². The van der Waals surface area contributed by atoms with Crippen LogP contribution in [0.1, 0.15) is 108 Å². The Morgan fingerprint density at radius 1 is 0.912 bits per heavy atom. The highest BCUT2D eigenvalue weighted by atomic mass is 16.7. The fourth-order valence-corrected chi connectivity index (χ4v) is 9.29. The maximum absolute atomic E-state index is 14.4. The van der Waals surface area contributed by atoms with E-state index in [1.54, 1.807) is 41.9 Å². The highest BCUT2D eigenvalue weighted by Gasteiger charge is 2.53. The fraction of sp³-hybridized carbons (Fsp3) is 0.952. The predicted molar refractivity (Wildman–Crippen MR) is 213 cm³/mol. The lowest BCUT2D eigenvalue weighted by atomic mass is 9.76. The van der Waals surface area contributed by atoms with Crippen molar-refractivity contribution in [1.82, 2.24) is 4.90 Å². The molecule has 0 spiro atoms. The molecule has 57 heavy (non-hydrogen) atoms. The van der Waals surface area contributed by atoms with Crippen molar-refractivity contribution in [3.63, 3.8) is 0 Å². The van der Waals surface area contributed by atoms with E-state index in [0.717, 1.165) is 0 Å². The summed E-state index contributed by atoms with van der Waals surface area (Å²) in [5.74, 6) is -3.76. The van der Waals surface area contributed by atoms with Crippen molar-refractivity contribution in [3.8, 4) is 0 Å². The first kappa shape index (κ1) is 50.0. The Labute approximate surface area is 341 Å². The number of carbonyl (C=O) groups excluding carboxylic acids is 2. The van der Waals surface area contributed by atoms with Gasteiger partial charge in [-0.05, 0) is 93.8 Å². The molecule has 334 valence electrons. The summed E-state index contributed by atoms with van der Waals surface area (Å²) in [5.41, 5.74) is 1.81. The summed E-state index contributed by atoms with van der Waals surface area (Å²) in [4.78, 5) is 30.3. The highest BCUT2D eigenvalue weighted by molar-refractivity contribution is 5.81. The van der Waals surface area contributed by atoms with Crippen LogP contribution in [-0.2, 0) is 47.5 Å². The second-order valence-electron chi connectivity index (χ2n) is 18.1. The van der Waals surface area contributed by atoms with Crippen LogP contribution in [0.3, 0.4) is 0 Å². The van der Waals surface area contributed by atoms with Crippen molar-refractivity contribution < 1.29 is 62.8 Å². The summed E-state index contributed by atoms with van der Waals surface area (Å²) in [6.07, 6.45) is -6.80. The molecule has 0 aromatic carbocycles. The summed E-state index contributed by atoms with van der Waals surface area (Å²) < 4.78 is 51.3. The molecule has 3 heterocycles. The van der Waals surface area contributed by atoms with Gasteiger partial charge in [-0.1, -0.05) is 27.7 Å². The van der Waals surface area contributed by atoms with E-state index in [-0.39, 0.29) is 43.6 Å². The molecule has 1 unspecified atom stereocenters. The number of nitrogens with zero attached hydrogens (tertiary/aromatic N) is 1. The van der Waals surface area contributed by atoms with Gasteiger partial charge in [-0.3, -0.25) is 9.59 Å². The average molecular weight is 819 g/mol. The van der Waals surface area contributed by atoms with Crippen LogP contribution in [0.25, 0.3) is 0 Å². The SMILES string of the molecule is CC[C@H]1OC(=O)[C@H](C)[C@@H](O[C@H]2C[C@@](C)(OC)C(OCCCN)[C@H](C)O2)[C@H](C)[C@@H](O[C@@H]2O[C@H](C)C[C@H](N(C)C)[C@H]2O)[C@](C)(OC)C[C@@H](C)C(=O)C[C@H](C)[C@@H](O)[C@]1(C)O. The van der Waals surface area contributed by atoms with E-state index in [1.807, 2.05) is 53.6 Å². The molecule has 3 aliphatic rings. The monoisotopic (exact) mass is 819 g/mol. The number of ketones is 1. The number of cyclic esters (lactones) is 1. The molecule has 15 nitrogen and oxygen atoms in total. The number of ether oxygens (including phenoxy) is 8. The average Bonchev–Trinajstić information content (AvgIpc) is 3.15. The van der Waals surface area contributed by atoms with Crippen molar-refractivity contribution in [1.29, 1.82) is 0 Å². The van der Waals surface area contributed by atoms with E-state index in [1.165, 1.54) is 6.92 Å². The van der Waals surface area contributed by atoms with Crippen LogP contribution in [0, 0.1) is 23.7 Å². The molecular formula is C42H78N2O13. The van der Waals surface area contributed by atoms with Gasteiger partial charge in [0.2, 0.25) is 0 Å². The van der Waals surface area contributed by atoms with Crippen molar-refractivity contribution in [2.24, 2.45) is 29.4 Å². The highest BCUT2D eigenvalue weighted by Crippen LogP contribution is 2.42. The van der Waals surface area contributed by atoms with Gasteiger partial charge in [0.15, 0.2) is 12.6 Å². The Bertz CT molecular complexity index is 1270. The number of carbonyl (C=O) groups is 2. The number of hydrogen-bond donors (Lipinski definition) is 4. The van der Waals surface area contributed by atoms with Crippen LogP contribution >= 0.6 is 0 Å². The molecule has 18 atom stereocenters. The molecular weight excluding hydrogens is 740 g/mol. The van der Waals surface area contributed by atoms with Gasteiger partial charge in [-0.15, -0.1) is 0 Å². The summed E-state index contributed by atoms with van der Waals surface area (Å²) >= 11 is 0. The number of methoxy groups -OCH3 is 2. The lowest BCUT2D eigenvalue weighted by molar-refractivity contribution is -0.321. The second kappa shape index (κ2) is 21.0. The summed E-state index contributed by atoms with van der Waals surface area (Å²) in [5, 5.41) is 34.9. The Kier molecular flexibility index (Phi) is 18.4. The first-order chi connectivity index (χ1) is 26.5. The summed E-state index contributed by atoms with van der Waals surface area (Å²) in [6, 6.07) is -0.276. The number of nitrogens with two attached hydrogens (primary N) is 1. The fourth-order valence-electron chi connectivity index (χ4n) is 9.29. The Morgan fingerprint density at radius 3 is 2.09 bits per heavy atom. The predicted octanol–water partition coefficient (Wildman–Crippen LogP) is 3.20. The molecule has 0 aromatic rings. The number of Topliss-reactive ketones (excluding diaryl/α,β-unsaturated/α-hetero) is 1. The van der Waals surface area contributed by atoms with Gasteiger partial charge in [-0.2, -0.15) is 0 Å². The lowest BCUT2D eigenvalue weighted by Crippen LogP contribution is -2.61. The van der Waals surface area contributed by atoms with Gasteiger partial charge >= 0.3 is 5.97 Å². The third-order valence-corrected chi connectivity index (χ3v) is 13.1. The zero-order valence-corrected chi connectivity index (χ0v) is 37.3. The van der Waals surface area contributed by atoms with Crippen molar-refractivity contribution in [2.75, 3.05) is 41.5 Å². The molecule has 0 aromatic heterocycles. The minimum Gasteiger partial charge on any atom is -0.459 e. The maximum atomic E-state index is 14.4. The lowest BCUT2D eigenvalue weighted by Gasteiger charge is -2.50. The van der Waals surface area contributed by atoms with Crippen LogP contribution in [0.4, 0.5) is 0 Å². The third kappa shape index (κ3) is 11.7. The van der Waals surface area contributed by atoms with Crippen LogP contribution in [-0.4, -0.2) is 158 Å². The van der Waals surface area contributed by atoms with E-state index in [4.69, 9.17) is 43.6 Å². The Morgan fingerprint density at radius 2 is 1.53 bits per heavy atom. The Balaban J connectivity index is 2.21. The van der Waals surface area contributed by atoms with Crippen LogP contribution in [0.15, 0.2) is 0 Å². The minimum absolute atomic E-state index is 0.0369. The molecule has 0 radical (unpaired) electrons. The topological polar surface area (TPSA) is 198 Å². The molecule has 5 N–H and O–H groups in total. The number of hydrogen-bond acceptors (Lipinski definition) is 15. The molecule has 3 aliphatic heterocycles. The zero-order valence-electron chi connectivity index (χ0n) is 37.3. The van der Waals surface area contributed by atoms with Gasteiger partial charge in [0.05, 0.1) is 47.6 Å². The van der Waals surface area contributed by atoms with E-state index >= 15 is 0 Å². The first-order valence-electron chi connectivity index (χ1n) is 21.0. The van der Waals surface area contributed by atoms with Crippen molar-refractivity contribution >= 4 is 11.8 Å². The molecule has 0 amide bonds. The van der Waals surface area contributed by atoms with Gasteiger partial charge in [0.25, 0.3) is 0 Å². The second-order valence-corrected chi connectivity index (χ2v) is 18.1. The Hall–Kier alpha value is -1.34. The van der Waals surface area contributed by atoms with E-state index < -0.39 is 102 Å². The van der Waals surface area contributed by atoms with Gasteiger partial charge in [0, 0.05) is 51.5 Å². The normalized spacial score (nSPS) is 46.0. The van der Waals surface area contributed by atoms with E-state index in [9.17, 15) is 24.9 Å². The van der Waals surface area contributed by atoms with Gasteiger partial charge < -0.3 is 63.8 Å². The quantitative estimate of drug-likeness (QED) is 0.165. The van der Waals surface area contributed by atoms with Crippen LogP contribution < -0.4 is 5.73 Å². The van der Waals surface area contributed by atoms with Crippen LogP contribution in [0.5, 0.6) is 0 Å². The molecule has 3 rings (SSSR count). The zero-order chi connectivity index (χ0) is 43.2. The third-order valence-electron chi connectivity index (χ3n) is 13.1. The number of rotatable bonds is 12. The molecule has 3 saturated heterocycles. The maximum Gasteiger partial charge on any atom is 0.311 e. The van der Waals surface area contributed by atoms with Gasteiger partial charge in [0.1, 0.15) is 29.7 Å². The first-order valence-corrected chi connectivity index (χ1v) is 21.0. The molecule has 15 heteroatoms. The number of aliphatic hydroxyl groups is 3. The number of esters is 1. The van der Waals surface area contributed by atoms with E-state index in [0.29, 0.717) is 26.0 Å². The molecule has 3 fully saturated rings. The number of aliphatic hydroxyl groups excluding tert-OH is 2. The van der Waals surface area contributed by atoms with Crippen LogP contribution in [0.2, 0.25) is 0 Å². The standard InChI is InChI=1S/C42H78N2O13/c1-15-31-42(10,49)35(47)23(2)19-30(45)24(3)21-40(8,50-13)36(57-39-33(46)29(44(11)12)20-25(4)53-39)26(5)34(27(6)38(48)55-31)56-32-22-41(9,51-14)37(28(7)54-32)52-18-16-17-43/h23-29,31-37,39,46-47,49H,15-22,43H2,1-14H3/t23-,24+,25+,26-,27+,28-,29-,31+,32-,33+,34-,35+,36+,37?,39-,40+,41+,42+/m0/s1. The summed E-state index contributed by atoms with van der Waals surface area (Å²) in [6.45, 7) is 18.7. The van der Waals surface area contributed by atoms with Crippen molar-refractivity contribution in [3.05, 3.63) is 0 Å². The van der Waals surface area contributed by atoms with Gasteiger partial charge in [-0.25, -0.2) is 0 Å². The minimum atomic E-state index is -1.88.